The monoisotopic (exact) mass is 198 g/mol. The predicted octanol–water partition coefficient (Wildman–Crippen LogP) is 0.733. The molecule has 7 heteroatoms. The smallest absolute Gasteiger partial charge is 0.422 e. The Labute approximate surface area is 70.6 Å². The summed E-state index contributed by atoms with van der Waals surface area (Å²) in [7, 11) is 0. The molecule has 0 bridgehead atoms. The number of carbonyl (C=O) groups excluding carboxylic acids is 1. The molecule has 74 valence electrons. The molecule has 0 fully saturated rings. The molecule has 0 spiro atoms. The maximum atomic E-state index is 11.4. The number of halogens is 3. The van der Waals surface area contributed by atoms with Crippen LogP contribution in [0.1, 0.15) is 0 Å². The summed E-state index contributed by atoms with van der Waals surface area (Å²) >= 11 is 0. The van der Waals surface area contributed by atoms with Crippen LogP contribution in [-0.4, -0.2) is 29.8 Å². The van der Waals surface area contributed by atoms with Gasteiger partial charge in [0.2, 0.25) is 0 Å². The summed E-state index contributed by atoms with van der Waals surface area (Å²) in [6.45, 7) is -1.73. The molecule has 0 unspecified atom stereocenters. The SMILES string of the molecule is O=C(O)/C=C/C(=O)OCC(F)(F)F. The van der Waals surface area contributed by atoms with E-state index < -0.39 is 24.7 Å². The number of rotatable bonds is 3. The van der Waals surface area contributed by atoms with Gasteiger partial charge in [0.1, 0.15) is 0 Å². The van der Waals surface area contributed by atoms with Crippen LogP contribution >= 0.6 is 0 Å². The zero-order chi connectivity index (χ0) is 10.5. The topological polar surface area (TPSA) is 63.6 Å². The number of carbonyl (C=O) groups is 2. The van der Waals surface area contributed by atoms with Crippen molar-refractivity contribution in [3.63, 3.8) is 0 Å². The van der Waals surface area contributed by atoms with Gasteiger partial charge in [-0.2, -0.15) is 13.2 Å². The maximum Gasteiger partial charge on any atom is 0.422 e. The minimum atomic E-state index is -4.60. The normalized spacial score (nSPS) is 11.6. The van der Waals surface area contributed by atoms with E-state index >= 15 is 0 Å². The van der Waals surface area contributed by atoms with Crippen molar-refractivity contribution in [2.45, 2.75) is 6.18 Å². The van der Waals surface area contributed by atoms with Gasteiger partial charge in [-0.3, -0.25) is 0 Å². The Balaban J connectivity index is 3.83. The van der Waals surface area contributed by atoms with Crippen molar-refractivity contribution in [1.82, 2.24) is 0 Å². The van der Waals surface area contributed by atoms with E-state index in [1.165, 1.54) is 0 Å². The quantitative estimate of drug-likeness (QED) is 0.536. The summed E-state index contributed by atoms with van der Waals surface area (Å²) < 4.78 is 37.8. The third-order valence-electron chi connectivity index (χ3n) is 0.740. The molecule has 0 aromatic heterocycles. The van der Waals surface area contributed by atoms with Gasteiger partial charge in [-0.1, -0.05) is 0 Å². The van der Waals surface area contributed by atoms with Crippen molar-refractivity contribution in [3.8, 4) is 0 Å². The van der Waals surface area contributed by atoms with Gasteiger partial charge in [-0.15, -0.1) is 0 Å². The Morgan fingerprint density at radius 1 is 1.31 bits per heavy atom. The molecule has 0 saturated heterocycles. The van der Waals surface area contributed by atoms with Gasteiger partial charge in [-0.05, 0) is 0 Å². The third kappa shape index (κ3) is 8.38. The lowest BCUT2D eigenvalue weighted by atomic mass is 10.5. The second-order valence-electron chi connectivity index (χ2n) is 1.89. The van der Waals surface area contributed by atoms with Crippen LogP contribution in [0.15, 0.2) is 12.2 Å². The second-order valence-corrected chi connectivity index (χ2v) is 1.89. The van der Waals surface area contributed by atoms with E-state index in [0.29, 0.717) is 12.2 Å². The molecule has 0 aromatic carbocycles. The fourth-order valence-corrected chi connectivity index (χ4v) is 0.340. The van der Waals surface area contributed by atoms with Crippen molar-refractivity contribution in [1.29, 1.82) is 0 Å². The molecule has 1 N–H and O–H groups in total. The van der Waals surface area contributed by atoms with Gasteiger partial charge >= 0.3 is 18.1 Å². The molecule has 0 aliphatic rings. The van der Waals surface area contributed by atoms with Crippen LogP contribution in [0.5, 0.6) is 0 Å². The summed E-state index contributed by atoms with van der Waals surface area (Å²) in [6.07, 6.45) is -3.82. The van der Waals surface area contributed by atoms with Gasteiger partial charge < -0.3 is 9.84 Å². The Morgan fingerprint density at radius 2 is 1.85 bits per heavy atom. The molecule has 0 aromatic rings. The van der Waals surface area contributed by atoms with E-state index in [0.717, 1.165) is 0 Å². The van der Waals surface area contributed by atoms with Crippen molar-refractivity contribution in [2.24, 2.45) is 0 Å². The number of hydrogen-bond acceptors (Lipinski definition) is 3. The highest BCUT2D eigenvalue weighted by Crippen LogP contribution is 2.14. The molecular weight excluding hydrogens is 193 g/mol. The summed E-state index contributed by atoms with van der Waals surface area (Å²) in [5.41, 5.74) is 0. The molecule has 0 atom stereocenters. The number of esters is 1. The first-order valence-electron chi connectivity index (χ1n) is 2.96. The van der Waals surface area contributed by atoms with E-state index in [1.807, 2.05) is 0 Å². The molecular formula is C6H5F3O4. The fourth-order valence-electron chi connectivity index (χ4n) is 0.340. The molecule has 13 heavy (non-hydrogen) atoms. The summed E-state index contributed by atoms with van der Waals surface area (Å²) in [4.78, 5) is 20.1. The van der Waals surface area contributed by atoms with Gasteiger partial charge in [-0.25, -0.2) is 9.59 Å². The lowest BCUT2D eigenvalue weighted by Crippen LogP contribution is -2.19. The van der Waals surface area contributed by atoms with Gasteiger partial charge in [0, 0.05) is 12.2 Å². The summed E-state index contributed by atoms with van der Waals surface area (Å²) in [5, 5.41) is 7.97. The predicted molar refractivity (Wildman–Crippen MR) is 33.8 cm³/mol. The van der Waals surface area contributed by atoms with Gasteiger partial charge in [0.25, 0.3) is 0 Å². The molecule has 0 heterocycles. The fraction of sp³-hybridized carbons (Fsp3) is 0.333. The van der Waals surface area contributed by atoms with Crippen molar-refractivity contribution in [2.75, 3.05) is 6.61 Å². The zero-order valence-corrected chi connectivity index (χ0v) is 6.17. The van der Waals surface area contributed by atoms with Crippen LogP contribution in [-0.2, 0) is 14.3 Å². The molecule has 0 radical (unpaired) electrons. The van der Waals surface area contributed by atoms with Gasteiger partial charge in [0.05, 0.1) is 0 Å². The first-order valence-corrected chi connectivity index (χ1v) is 2.96. The highest BCUT2D eigenvalue weighted by atomic mass is 19.4. The Bertz CT molecular complexity index is 231. The minimum absolute atomic E-state index is 0.388. The summed E-state index contributed by atoms with van der Waals surface area (Å²) in [6, 6.07) is 0. The Morgan fingerprint density at radius 3 is 2.23 bits per heavy atom. The number of hydrogen-bond donors (Lipinski definition) is 1. The summed E-state index contributed by atoms with van der Waals surface area (Å²) in [5.74, 6) is -2.79. The Kier molecular flexibility index (Phi) is 3.96. The van der Waals surface area contributed by atoms with Crippen LogP contribution in [0.4, 0.5) is 13.2 Å². The van der Waals surface area contributed by atoms with E-state index in [2.05, 4.69) is 4.74 Å². The first kappa shape index (κ1) is 11.5. The lowest BCUT2D eigenvalue weighted by Gasteiger charge is -2.04. The number of alkyl halides is 3. The molecule has 0 saturated carbocycles. The number of carboxylic acids is 1. The van der Waals surface area contributed by atoms with Crippen LogP contribution in [0, 0.1) is 0 Å². The molecule has 4 nitrogen and oxygen atoms in total. The van der Waals surface area contributed by atoms with E-state index in [1.54, 1.807) is 0 Å². The van der Waals surface area contributed by atoms with Crippen molar-refractivity contribution < 1.29 is 32.6 Å². The van der Waals surface area contributed by atoms with Crippen LogP contribution < -0.4 is 0 Å². The van der Waals surface area contributed by atoms with Crippen molar-refractivity contribution >= 4 is 11.9 Å². The van der Waals surface area contributed by atoms with E-state index in [9.17, 15) is 22.8 Å². The van der Waals surface area contributed by atoms with Crippen LogP contribution in [0.2, 0.25) is 0 Å². The van der Waals surface area contributed by atoms with Crippen LogP contribution in [0.3, 0.4) is 0 Å². The molecule has 0 amide bonds. The lowest BCUT2D eigenvalue weighted by molar-refractivity contribution is -0.182. The highest BCUT2D eigenvalue weighted by molar-refractivity contribution is 5.90. The number of ether oxygens (including phenoxy) is 1. The van der Waals surface area contributed by atoms with Crippen LogP contribution in [0.25, 0.3) is 0 Å². The number of aliphatic carboxylic acids is 1. The Hall–Kier alpha value is -1.53. The van der Waals surface area contributed by atoms with Crippen molar-refractivity contribution in [3.05, 3.63) is 12.2 Å². The average molecular weight is 198 g/mol. The maximum absolute atomic E-state index is 11.4. The largest absolute Gasteiger partial charge is 0.478 e. The third-order valence-corrected chi connectivity index (χ3v) is 0.740. The second kappa shape index (κ2) is 4.48. The first-order chi connectivity index (χ1) is 5.81. The van der Waals surface area contributed by atoms with E-state index in [4.69, 9.17) is 5.11 Å². The highest BCUT2D eigenvalue weighted by Gasteiger charge is 2.29. The molecule has 0 aliphatic heterocycles. The average Bonchev–Trinajstić information content (AvgIpc) is 1.95. The van der Waals surface area contributed by atoms with E-state index in [-0.39, 0.29) is 0 Å². The number of carboxylic acid groups (broad SMARTS) is 1. The van der Waals surface area contributed by atoms with Gasteiger partial charge in [0.15, 0.2) is 6.61 Å². The zero-order valence-electron chi connectivity index (χ0n) is 6.17. The molecule has 0 rings (SSSR count). The molecule has 0 aliphatic carbocycles. The minimum Gasteiger partial charge on any atom is -0.478 e. The standard InChI is InChI=1S/C6H5F3O4/c7-6(8,9)3-13-5(12)2-1-4(10)11/h1-2H,3H2,(H,10,11)/b2-1+.